The van der Waals surface area contributed by atoms with Crippen LogP contribution in [0.15, 0.2) is 23.8 Å². The van der Waals surface area contributed by atoms with Crippen molar-refractivity contribution >= 4 is 69.4 Å². The Labute approximate surface area is 225 Å². The molecule has 4 amide bonds. The van der Waals surface area contributed by atoms with E-state index in [2.05, 4.69) is 0 Å². The van der Waals surface area contributed by atoms with Crippen molar-refractivity contribution in [2.24, 2.45) is 17.8 Å². The van der Waals surface area contributed by atoms with Crippen LogP contribution in [0.4, 0.5) is 0 Å². The summed E-state index contributed by atoms with van der Waals surface area (Å²) in [5, 5.41) is 10.4. The van der Waals surface area contributed by atoms with Gasteiger partial charge in [0.15, 0.2) is 21.2 Å². The maximum atomic E-state index is 13.5. The number of rotatable bonds is 3. The zero-order valence-electron chi connectivity index (χ0n) is 19.2. The fourth-order valence-electron chi connectivity index (χ4n) is 6.41. The first-order valence-corrected chi connectivity index (χ1v) is 13.1. The second kappa shape index (κ2) is 8.08. The summed E-state index contributed by atoms with van der Waals surface area (Å²) in [7, 11) is 2.75. The second-order valence-electron chi connectivity index (χ2n) is 9.47. The van der Waals surface area contributed by atoms with Crippen molar-refractivity contribution in [3.63, 3.8) is 0 Å². The van der Waals surface area contributed by atoms with Crippen molar-refractivity contribution in [3.05, 3.63) is 32.9 Å². The molecule has 2 saturated heterocycles. The third-order valence-corrected chi connectivity index (χ3v) is 10.3. The van der Waals surface area contributed by atoms with E-state index >= 15 is 0 Å². The maximum absolute atomic E-state index is 13.5. The first-order chi connectivity index (χ1) is 16.4. The van der Waals surface area contributed by atoms with E-state index in [1.54, 1.807) is 19.1 Å². The quantitative estimate of drug-likeness (QED) is 0.238. The summed E-state index contributed by atoms with van der Waals surface area (Å²) in [6, 6.07) is 3.25. The summed E-state index contributed by atoms with van der Waals surface area (Å²) in [6.45, 7) is 2.01. The summed E-state index contributed by atoms with van der Waals surface area (Å²) in [6.07, 6.45) is 2.16. The minimum atomic E-state index is -1.86. The van der Waals surface area contributed by atoms with Gasteiger partial charge < -0.3 is 9.84 Å². The maximum Gasteiger partial charge on any atom is 0.253 e. The van der Waals surface area contributed by atoms with E-state index in [9.17, 15) is 24.3 Å². The lowest BCUT2D eigenvalue weighted by Gasteiger charge is -2.50. The Morgan fingerprint density at radius 2 is 1.83 bits per heavy atom. The number of benzene rings is 1. The standard InChI is InChI=1S/C24H23Cl2IN2O6/c1-4-29-19(31)12-6-5-11-13(16(12)20(29)32)9-23(25)21(33)28(2)22(34)24(23,26)17(11)10-7-14(27)18(30)15(8-10)35-3/h5,7-8,12-13,16-17,30H,4,6,9H2,1-3H3. The first-order valence-electron chi connectivity index (χ1n) is 11.3. The van der Waals surface area contributed by atoms with Crippen LogP contribution < -0.4 is 4.74 Å². The molecule has 4 aliphatic rings. The van der Waals surface area contributed by atoms with Gasteiger partial charge >= 0.3 is 0 Å². The van der Waals surface area contributed by atoms with Crippen LogP contribution in [-0.4, -0.2) is 69.0 Å². The molecule has 1 aromatic carbocycles. The molecule has 1 saturated carbocycles. The molecule has 11 heteroatoms. The Kier molecular flexibility index (Phi) is 5.73. The summed E-state index contributed by atoms with van der Waals surface area (Å²) < 4.78 is 5.80. The number of allylic oxidation sites excluding steroid dienone is 2. The lowest BCUT2D eigenvalue weighted by Crippen LogP contribution is -2.60. The summed E-state index contributed by atoms with van der Waals surface area (Å²) in [5.74, 6) is -4.34. The predicted octanol–water partition coefficient (Wildman–Crippen LogP) is 3.01. The summed E-state index contributed by atoms with van der Waals surface area (Å²) in [5.41, 5.74) is 1.23. The monoisotopic (exact) mass is 632 g/mol. The lowest BCUT2D eigenvalue weighted by molar-refractivity contribution is -0.141. The van der Waals surface area contributed by atoms with Crippen LogP contribution in [0.3, 0.4) is 0 Å². The first kappa shape index (κ1) is 24.8. The van der Waals surface area contributed by atoms with Crippen LogP contribution in [-0.2, 0) is 19.2 Å². The SMILES string of the molecule is CCN1C(=O)C2CC=C3C(CC4(Cl)C(=O)N(C)C(=O)C4(Cl)C3c3cc(I)c(O)c(OC)c3)C2C1=O. The van der Waals surface area contributed by atoms with Crippen molar-refractivity contribution in [1.82, 2.24) is 9.80 Å². The number of nitrogens with zero attached hydrogens (tertiary/aromatic N) is 2. The van der Waals surface area contributed by atoms with Gasteiger partial charge in [0.05, 0.1) is 22.5 Å². The Morgan fingerprint density at radius 1 is 1.14 bits per heavy atom. The molecule has 35 heavy (non-hydrogen) atoms. The molecule has 0 bridgehead atoms. The van der Waals surface area contributed by atoms with E-state index in [0.29, 0.717) is 21.1 Å². The van der Waals surface area contributed by atoms with Gasteiger partial charge in [-0.15, -0.1) is 23.2 Å². The number of amides is 4. The normalized spacial score (nSPS) is 36.2. The van der Waals surface area contributed by atoms with Gasteiger partial charge in [-0.05, 0) is 66.0 Å². The lowest BCUT2D eigenvalue weighted by atomic mass is 9.56. The van der Waals surface area contributed by atoms with Crippen molar-refractivity contribution in [1.29, 1.82) is 0 Å². The zero-order valence-corrected chi connectivity index (χ0v) is 22.8. The number of methoxy groups -OCH3 is 1. The van der Waals surface area contributed by atoms with Gasteiger partial charge in [0.25, 0.3) is 11.8 Å². The van der Waals surface area contributed by atoms with Crippen molar-refractivity contribution in [2.45, 2.75) is 35.4 Å². The molecule has 3 fully saturated rings. The van der Waals surface area contributed by atoms with Crippen LogP contribution in [0.2, 0.25) is 0 Å². The topological polar surface area (TPSA) is 104 Å². The van der Waals surface area contributed by atoms with Gasteiger partial charge in [-0.25, -0.2) is 0 Å². The van der Waals surface area contributed by atoms with Gasteiger partial charge in [0.2, 0.25) is 11.8 Å². The highest BCUT2D eigenvalue weighted by atomic mass is 127. The molecule has 2 heterocycles. The number of alkyl halides is 2. The molecule has 6 unspecified atom stereocenters. The number of phenols is 1. The number of carbonyl (C=O) groups is 4. The van der Waals surface area contributed by atoms with E-state index in [1.807, 2.05) is 28.7 Å². The van der Waals surface area contributed by atoms with Crippen LogP contribution >= 0.6 is 45.8 Å². The highest BCUT2D eigenvalue weighted by molar-refractivity contribution is 14.1. The highest BCUT2D eigenvalue weighted by Crippen LogP contribution is 2.65. The van der Waals surface area contributed by atoms with Gasteiger partial charge in [-0.3, -0.25) is 29.0 Å². The van der Waals surface area contributed by atoms with E-state index in [0.717, 1.165) is 4.90 Å². The van der Waals surface area contributed by atoms with Crippen molar-refractivity contribution < 1.29 is 29.0 Å². The van der Waals surface area contributed by atoms with Crippen LogP contribution in [0.1, 0.15) is 31.2 Å². The molecule has 0 radical (unpaired) electrons. The van der Waals surface area contributed by atoms with Crippen molar-refractivity contribution in [3.8, 4) is 11.5 Å². The van der Waals surface area contributed by atoms with Gasteiger partial charge in [-0.2, -0.15) is 0 Å². The van der Waals surface area contributed by atoms with Crippen LogP contribution in [0, 0.1) is 21.3 Å². The van der Waals surface area contributed by atoms with E-state index < -0.39 is 45.2 Å². The fourth-order valence-corrected chi connectivity index (χ4v) is 8.06. The molecule has 2 aliphatic carbocycles. The Morgan fingerprint density at radius 3 is 2.46 bits per heavy atom. The number of likely N-dealkylation sites (tertiary alicyclic amines) is 2. The number of imide groups is 2. The van der Waals surface area contributed by atoms with Crippen LogP contribution in [0.25, 0.3) is 0 Å². The number of carbonyl (C=O) groups excluding carboxylic acids is 4. The molecule has 8 nitrogen and oxygen atoms in total. The number of hydrogen-bond acceptors (Lipinski definition) is 6. The Balaban J connectivity index is 1.76. The Hall–Kier alpha value is -1.85. The molecular formula is C24H23Cl2IN2O6. The van der Waals surface area contributed by atoms with Gasteiger partial charge in [0, 0.05) is 19.5 Å². The summed E-state index contributed by atoms with van der Waals surface area (Å²) >= 11 is 16.2. The second-order valence-corrected chi connectivity index (χ2v) is 11.9. The van der Waals surface area contributed by atoms with E-state index in [4.69, 9.17) is 27.9 Å². The number of phenolic OH excluding ortho intramolecular Hbond substituents is 1. The smallest absolute Gasteiger partial charge is 0.253 e. The van der Waals surface area contributed by atoms with E-state index in [-0.39, 0.29) is 36.3 Å². The largest absolute Gasteiger partial charge is 0.504 e. The number of hydrogen-bond donors (Lipinski definition) is 1. The zero-order chi connectivity index (χ0) is 25.6. The highest BCUT2D eigenvalue weighted by Gasteiger charge is 2.75. The average Bonchev–Trinajstić information content (AvgIpc) is 3.15. The molecular weight excluding hydrogens is 610 g/mol. The van der Waals surface area contributed by atoms with E-state index in [1.165, 1.54) is 19.1 Å². The number of halogens is 3. The van der Waals surface area contributed by atoms with Crippen molar-refractivity contribution in [2.75, 3.05) is 20.7 Å². The minimum Gasteiger partial charge on any atom is -0.504 e. The third-order valence-electron chi connectivity index (χ3n) is 8.03. The molecule has 6 atom stereocenters. The molecule has 1 aromatic rings. The van der Waals surface area contributed by atoms with Crippen LogP contribution in [0.5, 0.6) is 11.5 Å². The molecule has 5 rings (SSSR count). The molecule has 0 aromatic heterocycles. The van der Waals surface area contributed by atoms with Gasteiger partial charge in [-0.1, -0.05) is 11.6 Å². The fraction of sp³-hybridized carbons (Fsp3) is 0.500. The average molecular weight is 633 g/mol. The van der Waals surface area contributed by atoms with Gasteiger partial charge in [0.1, 0.15) is 0 Å². The molecule has 0 spiro atoms. The molecule has 1 N–H and O–H groups in total. The summed E-state index contributed by atoms with van der Waals surface area (Å²) in [4.78, 5) is 51.7. The minimum absolute atomic E-state index is 0.0423. The number of fused-ring (bicyclic) bond motifs is 4. The number of ether oxygens (including phenoxy) is 1. The third kappa shape index (κ3) is 2.97. The molecule has 2 aliphatic heterocycles. The number of aromatic hydroxyl groups is 1. The Bertz CT molecular complexity index is 1240. The predicted molar refractivity (Wildman–Crippen MR) is 135 cm³/mol. The molecule has 186 valence electrons.